The van der Waals surface area contributed by atoms with Crippen molar-refractivity contribution in [3.8, 4) is 0 Å². The van der Waals surface area contributed by atoms with E-state index in [0.717, 1.165) is 29.4 Å². The van der Waals surface area contributed by atoms with E-state index in [4.69, 9.17) is 11.6 Å². The molecule has 0 amide bonds. The summed E-state index contributed by atoms with van der Waals surface area (Å²) in [6, 6.07) is 14.6. The molecule has 0 spiro atoms. The highest BCUT2D eigenvalue weighted by Gasteiger charge is 2.13. The molecule has 2 nitrogen and oxygen atoms in total. The molecule has 112 valence electrons. The summed E-state index contributed by atoms with van der Waals surface area (Å²) in [7, 11) is 2.06. The fourth-order valence-electron chi connectivity index (χ4n) is 2.22. The van der Waals surface area contributed by atoms with Gasteiger partial charge >= 0.3 is 0 Å². The molecule has 0 fully saturated rings. The van der Waals surface area contributed by atoms with Gasteiger partial charge in [-0.25, -0.2) is 4.39 Å². The minimum atomic E-state index is -0.224. The molecular weight excluding hydrogens is 287 g/mol. The van der Waals surface area contributed by atoms with Crippen LogP contribution in [0, 0.1) is 5.82 Å². The van der Waals surface area contributed by atoms with Gasteiger partial charge in [-0.2, -0.15) is 0 Å². The first-order valence-electron chi connectivity index (χ1n) is 7.02. The van der Waals surface area contributed by atoms with Crippen molar-refractivity contribution in [3.05, 3.63) is 64.9 Å². The van der Waals surface area contributed by atoms with Crippen molar-refractivity contribution < 1.29 is 4.39 Å². The zero-order valence-corrected chi connectivity index (χ0v) is 13.1. The smallest absolute Gasteiger partial charge is 0.125 e. The van der Waals surface area contributed by atoms with Crippen LogP contribution in [0.1, 0.15) is 18.5 Å². The Morgan fingerprint density at radius 1 is 1.19 bits per heavy atom. The number of hydrogen-bond acceptors (Lipinski definition) is 2. The van der Waals surface area contributed by atoms with Crippen LogP contribution in [-0.2, 0) is 0 Å². The number of halogens is 2. The number of nitrogens with zero attached hydrogens (tertiary/aromatic N) is 1. The summed E-state index contributed by atoms with van der Waals surface area (Å²) < 4.78 is 13.1. The Morgan fingerprint density at radius 2 is 1.95 bits per heavy atom. The standard InChI is InChI=1S/C17H20ClFN2/c1-13(16-8-3-4-9-17(16)18)21(2)11-10-20-15-7-5-6-14(19)12-15/h3-9,12-13,20H,10-11H2,1-2H3. The molecule has 2 aromatic carbocycles. The number of benzene rings is 2. The molecule has 0 heterocycles. The molecule has 0 aromatic heterocycles. The van der Waals surface area contributed by atoms with Crippen LogP contribution in [0.3, 0.4) is 0 Å². The molecule has 21 heavy (non-hydrogen) atoms. The summed E-state index contributed by atoms with van der Waals surface area (Å²) in [6.07, 6.45) is 0. The maximum Gasteiger partial charge on any atom is 0.125 e. The second-order valence-electron chi connectivity index (χ2n) is 5.12. The zero-order chi connectivity index (χ0) is 15.2. The van der Waals surface area contributed by atoms with Gasteiger partial charge in [0.2, 0.25) is 0 Å². The van der Waals surface area contributed by atoms with Crippen molar-refractivity contribution in [2.45, 2.75) is 13.0 Å². The maximum absolute atomic E-state index is 13.1. The van der Waals surface area contributed by atoms with E-state index < -0.39 is 0 Å². The highest BCUT2D eigenvalue weighted by atomic mass is 35.5. The summed E-state index contributed by atoms with van der Waals surface area (Å²) >= 11 is 6.23. The van der Waals surface area contributed by atoms with Crippen LogP contribution < -0.4 is 5.32 Å². The Morgan fingerprint density at radius 3 is 2.67 bits per heavy atom. The van der Waals surface area contributed by atoms with Gasteiger partial charge in [0.1, 0.15) is 5.82 Å². The molecule has 0 radical (unpaired) electrons. The molecule has 0 saturated carbocycles. The molecule has 1 atom stereocenters. The molecule has 0 aliphatic rings. The van der Waals surface area contributed by atoms with Crippen LogP contribution >= 0.6 is 11.6 Å². The summed E-state index contributed by atoms with van der Waals surface area (Å²) in [6.45, 7) is 3.71. The first-order chi connectivity index (χ1) is 10.1. The topological polar surface area (TPSA) is 15.3 Å². The van der Waals surface area contributed by atoms with Crippen molar-refractivity contribution in [1.82, 2.24) is 4.90 Å². The predicted octanol–water partition coefficient (Wildman–Crippen LogP) is 4.58. The molecule has 2 aromatic rings. The first kappa shape index (κ1) is 15.8. The normalized spacial score (nSPS) is 12.4. The van der Waals surface area contributed by atoms with E-state index >= 15 is 0 Å². The van der Waals surface area contributed by atoms with Crippen LogP contribution in [0.2, 0.25) is 5.02 Å². The summed E-state index contributed by atoms with van der Waals surface area (Å²) in [4.78, 5) is 2.22. The van der Waals surface area contributed by atoms with Gasteiger partial charge in [-0.05, 0) is 43.8 Å². The highest BCUT2D eigenvalue weighted by molar-refractivity contribution is 6.31. The number of anilines is 1. The van der Waals surface area contributed by atoms with Crippen molar-refractivity contribution in [3.63, 3.8) is 0 Å². The first-order valence-corrected chi connectivity index (χ1v) is 7.40. The average Bonchev–Trinajstić information content (AvgIpc) is 2.47. The van der Waals surface area contributed by atoms with Crippen LogP contribution in [0.25, 0.3) is 0 Å². The molecule has 0 bridgehead atoms. The van der Waals surface area contributed by atoms with Gasteiger partial charge < -0.3 is 5.32 Å². The fraction of sp³-hybridized carbons (Fsp3) is 0.294. The minimum absolute atomic E-state index is 0.224. The van der Waals surface area contributed by atoms with Gasteiger partial charge in [0.15, 0.2) is 0 Å². The highest BCUT2D eigenvalue weighted by Crippen LogP contribution is 2.25. The lowest BCUT2D eigenvalue weighted by atomic mass is 10.1. The Balaban J connectivity index is 1.87. The summed E-state index contributed by atoms with van der Waals surface area (Å²) in [5.74, 6) is -0.224. The second-order valence-corrected chi connectivity index (χ2v) is 5.52. The monoisotopic (exact) mass is 306 g/mol. The SMILES string of the molecule is CC(c1ccccc1Cl)N(C)CCNc1cccc(F)c1. The van der Waals surface area contributed by atoms with Crippen LogP contribution in [0.5, 0.6) is 0 Å². The Labute approximate surface area is 130 Å². The Kier molecular flexibility index (Phi) is 5.59. The van der Waals surface area contributed by atoms with Gasteiger partial charge in [-0.1, -0.05) is 35.9 Å². The number of hydrogen-bond donors (Lipinski definition) is 1. The van der Waals surface area contributed by atoms with E-state index in [0.29, 0.717) is 0 Å². The average molecular weight is 307 g/mol. The lowest BCUT2D eigenvalue weighted by Crippen LogP contribution is -2.28. The predicted molar refractivity (Wildman–Crippen MR) is 87.4 cm³/mol. The molecule has 1 N–H and O–H groups in total. The van der Waals surface area contributed by atoms with E-state index in [-0.39, 0.29) is 11.9 Å². The van der Waals surface area contributed by atoms with Crippen LogP contribution in [0.15, 0.2) is 48.5 Å². The zero-order valence-electron chi connectivity index (χ0n) is 12.3. The Bertz CT molecular complexity index is 589. The number of nitrogens with one attached hydrogen (secondary N) is 1. The van der Waals surface area contributed by atoms with E-state index in [1.165, 1.54) is 12.1 Å². The fourth-order valence-corrected chi connectivity index (χ4v) is 2.51. The molecule has 0 saturated heterocycles. The van der Waals surface area contributed by atoms with Gasteiger partial charge in [-0.3, -0.25) is 4.90 Å². The van der Waals surface area contributed by atoms with Gasteiger partial charge in [-0.15, -0.1) is 0 Å². The molecule has 0 aliphatic heterocycles. The van der Waals surface area contributed by atoms with E-state index in [1.807, 2.05) is 30.3 Å². The summed E-state index contributed by atoms with van der Waals surface area (Å²) in [5.41, 5.74) is 1.92. The van der Waals surface area contributed by atoms with E-state index in [2.05, 4.69) is 24.2 Å². The Hall–Kier alpha value is -1.58. The van der Waals surface area contributed by atoms with E-state index in [1.54, 1.807) is 6.07 Å². The van der Waals surface area contributed by atoms with Crippen LogP contribution in [-0.4, -0.2) is 25.0 Å². The van der Waals surface area contributed by atoms with E-state index in [9.17, 15) is 4.39 Å². The van der Waals surface area contributed by atoms with Crippen molar-refractivity contribution in [2.24, 2.45) is 0 Å². The van der Waals surface area contributed by atoms with Crippen LogP contribution in [0.4, 0.5) is 10.1 Å². The molecule has 2 rings (SSSR count). The second kappa shape index (κ2) is 7.43. The molecular formula is C17H20ClFN2. The third kappa shape index (κ3) is 4.45. The third-order valence-electron chi connectivity index (χ3n) is 3.63. The lowest BCUT2D eigenvalue weighted by Gasteiger charge is -2.26. The lowest BCUT2D eigenvalue weighted by molar-refractivity contribution is 0.272. The molecule has 0 aliphatic carbocycles. The third-order valence-corrected chi connectivity index (χ3v) is 3.98. The number of likely N-dealkylation sites (N-methyl/N-ethyl adjacent to an activating group) is 1. The number of rotatable bonds is 6. The van der Waals surface area contributed by atoms with Gasteiger partial charge in [0, 0.05) is 29.8 Å². The largest absolute Gasteiger partial charge is 0.384 e. The van der Waals surface area contributed by atoms with Gasteiger partial charge in [0.05, 0.1) is 0 Å². The maximum atomic E-state index is 13.1. The molecule has 1 unspecified atom stereocenters. The molecule has 4 heteroatoms. The summed E-state index contributed by atoms with van der Waals surface area (Å²) in [5, 5.41) is 4.01. The van der Waals surface area contributed by atoms with Crippen molar-refractivity contribution in [1.29, 1.82) is 0 Å². The van der Waals surface area contributed by atoms with Gasteiger partial charge in [0.25, 0.3) is 0 Å². The quantitative estimate of drug-likeness (QED) is 0.840. The minimum Gasteiger partial charge on any atom is -0.384 e. The van der Waals surface area contributed by atoms with Crippen molar-refractivity contribution >= 4 is 17.3 Å². The van der Waals surface area contributed by atoms with Crippen molar-refractivity contribution in [2.75, 3.05) is 25.5 Å².